The lowest BCUT2D eigenvalue weighted by atomic mass is 9.77. The molecule has 1 unspecified atom stereocenters. The fourth-order valence-corrected chi connectivity index (χ4v) is 4.45. The summed E-state index contributed by atoms with van der Waals surface area (Å²) >= 11 is 1.71. The second kappa shape index (κ2) is 8.17. The Bertz CT molecular complexity index is 834. The van der Waals surface area contributed by atoms with E-state index in [1.165, 1.54) is 10.5 Å². The lowest BCUT2D eigenvalue weighted by molar-refractivity contribution is -0.130. The number of primary amides is 1. The van der Waals surface area contributed by atoms with Crippen molar-refractivity contribution in [1.82, 2.24) is 4.90 Å². The molecule has 0 bridgehead atoms. The lowest BCUT2D eigenvalue weighted by Gasteiger charge is -2.40. The second-order valence-corrected chi connectivity index (χ2v) is 7.95. The average Bonchev–Trinajstić information content (AvgIpc) is 2.73. The molecule has 4 nitrogen and oxygen atoms in total. The molecular formula is C22H26N2O2S. The highest BCUT2D eigenvalue weighted by molar-refractivity contribution is 7.98. The van der Waals surface area contributed by atoms with Crippen LogP contribution in [-0.2, 0) is 4.79 Å². The number of carbonyl (C=O) groups is 2. The first-order valence-electron chi connectivity index (χ1n) is 9.33. The van der Waals surface area contributed by atoms with Crippen LogP contribution < -0.4 is 5.73 Å². The second-order valence-electron chi connectivity index (χ2n) is 7.11. The maximum absolute atomic E-state index is 13.0. The van der Waals surface area contributed by atoms with Crippen LogP contribution in [0.3, 0.4) is 0 Å². The Kier molecular flexibility index (Phi) is 5.90. The van der Waals surface area contributed by atoms with Crippen LogP contribution in [0, 0.1) is 5.41 Å². The number of rotatable bonds is 5. The number of hydrogen-bond donors (Lipinski definition) is 1. The van der Waals surface area contributed by atoms with E-state index in [-0.39, 0.29) is 11.8 Å². The Morgan fingerprint density at radius 3 is 2.48 bits per heavy atom. The Morgan fingerprint density at radius 2 is 1.85 bits per heavy atom. The molecule has 142 valence electrons. The predicted molar refractivity (Wildman–Crippen MR) is 111 cm³/mol. The van der Waals surface area contributed by atoms with Crippen LogP contribution in [0.2, 0.25) is 0 Å². The number of benzene rings is 2. The summed E-state index contributed by atoms with van der Waals surface area (Å²) in [5.41, 5.74) is 7.96. The van der Waals surface area contributed by atoms with Crippen LogP contribution in [0.1, 0.15) is 36.5 Å². The Balaban J connectivity index is 1.81. The van der Waals surface area contributed by atoms with Crippen molar-refractivity contribution < 1.29 is 9.59 Å². The van der Waals surface area contributed by atoms with Crippen molar-refractivity contribution in [2.24, 2.45) is 11.1 Å². The van der Waals surface area contributed by atoms with E-state index in [0.717, 1.165) is 18.4 Å². The lowest BCUT2D eigenvalue weighted by Crippen LogP contribution is -2.51. The fraction of sp³-hybridized carbons (Fsp3) is 0.364. The maximum atomic E-state index is 13.0. The van der Waals surface area contributed by atoms with E-state index < -0.39 is 5.41 Å². The molecule has 2 aromatic rings. The molecule has 1 aliphatic heterocycles. The van der Waals surface area contributed by atoms with Gasteiger partial charge in [0.1, 0.15) is 0 Å². The van der Waals surface area contributed by atoms with Gasteiger partial charge in [-0.2, -0.15) is 0 Å². The fourth-order valence-electron chi connectivity index (χ4n) is 3.83. The van der Waals surface area contributed by atoms with Gasteiger partial charge in [0.2, 0.25) is 5.91 Å². The topological polar surface area (TPSA) is 63.4 Å². The van der Waals surface area contributed by atoms with E-state index in [4.69, 9.17) is 5.73 Å². The summed E-state index contributed by atoms with van der Waals surface area (Å²) in [6.45, 7) is 3.05. The van der Waals surface area contributed by atoms with Crippen LogP contribution in [0.4, 0.5) is 0 Å². The number of piperidine rings is 1. The van der Waals surface area contributed by atoms with Crippen molar-refractivity contribution in [2.45, 2.75) is 31.1 Å². The van der Waals surface area contributed by atoms with Crippen molar-refractivity contribution in [1.29, 1.82) is 0 Å². The molecule has 3 rings (SSSR count). The van der Waals surface area contributed by atoms with Gasteiger partial charge in [-0.05, 0) is 54.8 Å². The van der Waals surface area contributed by atoms with E-state index in [1.807, 2.05) is 43.3 Å². The highest BCUT2D eigenvalue weighted by atomic mass is 32.2. The zero-order valence-corrected chi connectivity index (χ0v) is 16.7. The highest BCUT2D eigenvalue weighted by Gasteiger charge is 2.40. The van der Waals surface area contributed by atoms with E-state index in [2.05, 4.69) is 18.4 Å². The summed E-state index contributed by atoms with van der Waals surface area (Å²) in [6.07, 6.45) is 4.29. The van der Waals surface area contributed by atoms with Gasteiger partial charge in [0, 0.05) is 23.5 Å². The standard InChI is InChI=1S/C22H26N2O2S/c1-3-22(21(23)26)13-6-14-24(15-22)20(25)17-11-9-16(10-12-17)18-7-4-5-8-19(18)27-2/h4-5,7-12H,3,6,13-15H2,1-2H3,(H2,23,26). The van der Waals surface area contributed by atoms with Gasteiger partial charge in [-0.1, -0.05) is 37.3 Å². The summed E-state index contributed by atoms with van der Waals surface area (Å²) in [7, 11) is 0. The predicted octanol–water partition coefficient (Wildman–Crippen LogP) is 4.19. The third-order valence-electron chi connectivity index (χ3n) is 5.61. The molecule has 2 aromatic carbocycles. The number of nitrogens with two attached hydrogens (primary N) is 1. The van der Waals surface area contributed by atoms with Gasteiger partial charge in [-0.15, -0.1) is 11.8 Å². The first-order chi connectivity index (χ1) is 13.0. The van der Waals surface area contributed by atoms with Crippen LogP contribution in [-0.4, -0.2) is 36.1 Å². The van der Waals surface area contributed by atoms with Gasteiger partial charge in [0.25, 0.3) is 5.91 Å². The van der Waals surface area contributed by atoms with Gasteiger partial charge in [-0.25, -0.2) is 0 Å². The number of amides is 2. The summed E-state index contributed by atoms with van der Waals surface area (Å²) in [5, 5.41) is 0. The minimum absolute atomic E-state index is 0.0292. The van der Waals surface area contributed by atoms with Crippen LogP contribution in [0.5, 0.6) is 0 Å². The van der Waals surface area contributed by atoms with Gasteiger partial charge in [0.15, 0.2) is 0 Å². The number of likely N-dealkylation sites (tertiary alicyclic amines) is 1. The van der Waals surface area contributed by atoms with E-state index >= 15 is 0 Å². The van der Waals surface area contributed by atoms with Crippen LogP contribution >= 0.6 is 11.8 Å². The molecule has 1 atom stereocenters. The highest BCUT2D eigenvalue weighted by Crippen LogP contribution is 2.34. The Morgan fingerprint density at radius 1 is 1.15 bits per heavy atom. The number of hydrogen-bond acceptors (Lipinski definition) is 3. The zero-order valence-electron chi connectivity index (χ0n) is 15.9. The van der Waals surface area contributed by atoms with Crippen molar-refractivity contribution in [2.75, 3.05) is 19.3 Å². The molecule has 1 saturated heterocycles. The van der Waals surface area contributed by atoms with Gasteiger partial charge in [0.05, 0.1) is 5.41 Å². The molecule has 0 aromatic heterocycles. The maximum Gasteiger partial charge on any atom is 0.253 e. The summed E-state index contributed by atoms with van der Waals surface area (Å²) in [4.78, 5) is 27.9. The van der Waals surface area contributed by atoms with Gasteiger partial charge in [-0.3, -0.25) is 9.59 Å². The molecule has 0 saturated carbocycles. The van der Waals surface area contributed by atoms with Crippen molar-refractivity contribution in [3.63, 3.8) is 0 Å². The van der Waals surface area contributed by atoms with Gasteiger partial charge >= 0.3 is 0 Å². The van der Waals surface area contributed by atoms with Crippen LogP contribution in [0.15, 0.2) is 53.4 Å². The SMILES string of the molecule is CCC1(C(N)=O)CCCN(C(=O)c2ccc(-c3ccccc3SC)cc2)C1. The molecule has 0 radical (unpaired) electrons. The first-order valence-corrected chi connectivity index (χ1v) is 10.6. The van der Waals surface area contributed by atoms with Crippen LogP contribution in [0.25, 0.3) is 11.1 Å². The minimum Gasteiger partial charge on any atom is -0.369 e. The number of carbonyl (C=O) groups excluding carboxylic acids is 2. The van der Waals surface area contributed by atoms with Crippen molar-refractivity contribution >= 4 is 23.6 Å². The Labute approximate surface area is 165 Å². The van der Waals surface area contributed by atoms with E-state index in [9.17, 15) is 9.59 Å². The quantitative estimate of drug-likeness (QED) is 0.789. The molecule has 27 heavy (non-hydrogen) atoms. The van der Waals surface area contributed by atoms with E-state index in [1.54, 1.807) is 16.7 Å². The third kappa shape index (κ3) is 3.88. The Hall–Kier alpha value is -2.27. The molecule has 5 heteroatoms. The molecular weight excluding hydrogens is 356 g/mol. The third-order valence-corrected chi connectivity index (χ3v) is 6.41. The van der Waals surface area contributed by atoms with Gasteiger partial charge < -0.3 is 10.6 Å². The normalized spacial score (nSPS) is 19.7. The molecule has 0 spiro atoms. The first kappa shape index (κ1) is 19.5. The monoisotopic (exact) mass is 382 g/mol. The minimum atomic E-state index is -0.592. The largest absolute Gasteiger partial charge is 0.369 e. The molecule has 1 fully saturated rings. The summed E-state index contributed by atoms with van der Waals surface area (Å²) in [6, 6.07) is 16.0. The summed E-state index contributed by atoms with van der Waals surface area (Å²) in [5.74, 6) is -0.329. The van der Waals surface area contributed by atoms with E-state index in [0.29, 0.717) is 25.1 Å². The number of thioether (sulfide) groups is 1. The molecule has 1 heterocycles. The smallest absolute Gasteiger partial charge is 0.253 e. The zero-order chi connectivity index (χ0) is 19.4. The molecule has 2 amide bonds. The molecule has 0 aliphatic carbocycles. The van der Waals surface area contributed by atoms with Crippen molar-refractivity contribution in [3.05, 3.63) is 54.1 Å². The molecule has 1 aliphatic rings. The number of nitrogens with zero attached hydrogens (tertiary/aromatic N) is 1. The van der Waals surface area contributed by atoms with Crippen molar-refractivity contribution in [3.8, 4) is 11.1 Å². The summed E-state index contributed by atoms with van der Waals surface area (Å²) < 4.78 is 0. The average molecular weight is 383 g/mol. The molecule has 2 N–H and O–H groups in total.